The van der Waals surface area contributed by atoms with Crippen LogP contribution in [-0.2, 0) is 24.9 Å². The van der Waals surface area contributed by atoms with Crippen LogP contribution in [0, 0.1) is 5.92 Å². The van der Waals surface area contributed by atoms with E-state index in [4.69, 9.17) is 4.74 Å². The molecule has 1 N–H and O–H groups in total. The lowest BCUT2D eigenvalue weighted by molar-refractivity contribution is -0.128. The SMILES string of the molecule is CCCC1CC(=O)N(Cc2cnc(OC(=O)NCc3ccccc3)n2C)C1. The average Bonchev–Trinajstić information content (AvgIpc) is 3.18. The molecule has 1 saturated heterocycles. The minimum atomic E-state index is -0.556. The molecule has 1 aliphatic rings. The highest BCUT2D eigenvalue weighted by Crippen LogP contribution is 2.24. The van der Waals surface area contributed by atoms with Gasteiger partial charge in [-0.2, -0.15) is 0 Å². The molecule has 0 saturated carbocycles. The Morgan fingerprint density at radius 1 is 1.33 bits per heavy atom. The molecule has 1 fully saturated rings. The summed E-state index contributed by atoms with van der Waals surface area (Å²) in [6.45, 7) is 3.79. The minimum Gasteiger partial charge on any atom is -0.375 e. The van der Waals surface area contributed by atoms with Gasteiger partial charge in [-0.3, -0.25) is 9.36 Å². The topological polar surface area (TPSA) is 76.5 Å². The fraction of sp³-hybridized carbons (Fsp3) is 0.450. The van der Waals surface area contributed by atoms with Gasteiger partial charge < -0.3 is 15.0 Å². The van der Waals surface area contributed by atoms with Crippen molar-refractivity contribution in [3.05, 3.63) is 47.8 Å². The smallest absolute Gasteiger partial charge is 0.375 e. The summed E-state index contributed by atoms with van der Waals surface area (Å²) in [7, 11) is 1.78. The highest BCUT2D eigenvalue weighted by atomic mass is 16.6. The predicted octanol–water partition coefficient (Wildman–Crippen LogP) is 2.86. The second-order valence-electron chi connectivity index (χ2n) is 6.95. The Balaban J connectivity index is 1.54. The Kier molecular flexibility index (Phi) is 6.11. The zero-order valence-corrected chi connectivity index (χ0v) is 15.9. The number of rotatable bonds is 7. The number of amides is 2. The number of hydrogen-bond donors (Lipinski definition) is 1. The standard InChI is InChI=1S/C20H26N4O3/c1-3-7-16-10-18(25)24(13-16)14-17-12-21-19(23(17)2)27-20(26)22-11-15-8-5-4-6-9-15/h4-6,8-9,12,16H,3,7,10-11,13-14H2,1-2H3,(H,22,26). The van der Waals surface area contributed by atoms with Crippen LogP contribution in [0.1, 0.15) is 37.4 Å². The van der Waals surface area contributed by atoms with E-state index in [1.165, 1.54) is 0 Å². The molecule has 1 atom stereocenters. The minimum absolute atomic E-state index is 0.178. The number of likely N-dealkylation sites (tertiary alicyclic amines) is 1. The number of imidazole rings is 1. The molecule has 7 nitrogen and oxygen atoms in total. The Morgan fingerprint density at radius 3 is 2.85 bits per heavy atom. The van der Waals surface area contributed by atoms with Crippen LogP contribution in [0.2, 0.25) is 0 Å². The van der Waals surface area contributed by atoms with Gasteiger partial charge in [0, 0.05) is 26.6 Å². The number of benzene rings is 1. The van der Waals surface area contributed by atoms with Crippen molar-refractivity contribution in [1.82, 2.24) is 19.8 Å². The van der Waals surface area contributed by atoms with Gasteiger partial charge in [0.25, 0.3) is 0 Å². The summed E-state index contributed by atoms with van der Waals surface area (Å²) in [5.74, 6) is 0.618. The van der Waals surface area contributed by atoms with Crippen LogP contribution in [0.15, 0.2) is 36.5 Å². The van der Waals surface area contributed by atoms with Crippen LogP contribution < -0.4 is 10.1 Å². The Morgan fingerprint density at radius 2 is 2.11 bits per heavy atom. The Bertz CT molecular complexity index is 788. The van der Waals surface area contributed by atoms with Gasteiger partial charge in [-0.25, -0.2) is 9.78 Å². The maximum absolute atomic E-state index is 12.2. The van der Waals surface area contributed by atoms with Crippen molar-refractivity contribution in [2.75, 3.05) is 6.54 Å². The summed E-state index contributed by atoms with van der Waals surface area (Å²) >= 11 is 0. The summed E-state index contributed by atoms with van der Waals surface area (Å²) < 4.78 is 7.01. The third-order valence-electron chi connectivity index (χ3n) is 4.85. The van der Waals surface area contributed by atoms with E-state index in [-0.39, 0.29) is 11.9 Å². The molecule has 2 heterocycles. The molecule has 1 aromatic heterocycles. The first-order chi connectivity index (χ1) is 13.1. The maximum Gasteiger partial charge on any atom is 0.415 e. The van der Waals surface area contributed by atoms with Gasteiger partial charge in [0.1, 0.15) is 0 Å². The third-order valence-corrected chi connectivity index (χ3v) is 4.85. The van der Waals surface area contributed by atoms with Gasteiger partial charge in [-0.1, -0.05) is 43.7 Å². The quantitative estimate of drug-likeness (QED) is 0.813. The Labute approximate surface area is 159 Å². The molecule has 27 heavy (non-hydrogen) atoms. The molecule has 2 amide bonds. The summed E-state index contributed by atoms with van der Waals surface area (Å²) in [4.78, 5) is 30.2. The highest BCUT2D eigenvalue weighted by molar-refractivity contribution is 5.78. The molecular weight excluding hydrogens is 344 g/mol. The van der Waals surface area contributed by atoms with Gasteiger partial charge >= 0.3 is 12.1 Å². The van der Waals surface area contributed by atoms with Gasteiger partial charge in [0.2, 0.25) is 5.91 Å². The summed E-state index contributed by atoms with van der Waals surface area (Å²) in [5, 5.41) is 2.70. The number of hydrogen-bond acceptors (Lipinski definition) is 4. The second-order valence-corrected chi connectivity index (χ2v) is 6.95. The van der Waals surface area contributed by atoms with Crippen molar-refractivity contribution in [2.24, 2.45) is 13.0 Å². The molecule has 1 aromatic carbocycles. The van der Waals surface area contributed by atoms with Gasteiger partial charge in [0.05, 0.1) is 18.4 Å². The normalized spacial score (nSPS) is 16.6. The molecule has 3 rings (SSSR count). The van der Waals surface area contributed by atoms with Gasteiger partial charge in [0.15, 0.2) is 0 Å². The molecule has 0 radical (unpaired) electrons. The monoisotopic (exact) mass is 370 g/mol. The fourth-order valence-corrected chi connectivity index (χ4v) is 3.36. The van der Waals surface area contributed by atoms with Crippen molar-refractivity contribution in [3.8, 4) is 6.01 Å². The van der Waals surface area contributed by atoms with Gasteiger partial charge in [-0.05, 0) is 17.9 Å². The first-order valence-corrected chi connectivity index (χ1v) is 9.34. The van der Waals surface area contributed by atoms with E-state index in [9.17, 15) is 9.59 Å². The highest BCUT2D eigenvalue weighted by Gasteiger charge is 2.29. The molecule has 0 spiro atoms. The molecule has 0 bridgehead atoms. The van der Waals surface area contributed by atoms with E-state index in [2.05, 4.69) is 17.2 Å². The van der Waals surface area contributed by atoms with Crippen molar-refractivity contribution in [3.63, 3.8) is 0 Å². The van der Waals surface area contributed by atoms with E-state index >= 15 is 0 Å². The van der Waals surface area contributed by atoms with E-state index in [0.29, 0.717) is 25.4 Å². The van der Waals surface area contributed by atoms with Crippen molar-refractivity contribution < 1.29 is 14.3 Å². The summed E-state index contributed by atoms with van der Waals surface area (Å²) in [6, 6.07) is 9.83. The number of carbonyl (C=O) groups excluding carboxylic acids is 2. The number of ether oxygens (including phenoxy) is 1. The van der Waals surface area contributed by atoms with E-state index < -0.39 is 6.09 Å². The van der Waals surface area contributed by atoms with Crippen LogP contribution in [0.4, 0.5) is 4.79 Å². The van der Waals surface area contributed by atoms with Crippen LogP contribution in [-0.4, -0.2) is 33.0 Å². The van der Waals surface area contributed by atoms with Crippen LogP contribution in [0.3, 0.4) is 0 Å². The summed E-state index contributed by atoms with van der Waals surface area (Å²) in [5.41, 5.74) is 1.83. The maximum atomic E-state index is 12.2. The van der Waals surface area contributed by atoms with Crippen LogP contribution in [0.5, 0.6) is 6.01 Å². The number of nitrogens with zero attached hydrogens (tertiary/aromatic N) is 3. The fourth-order valence-electron chi connectivity index (χ4n) is 3.36. The van der Waals surface area contributed by atoms with E-state index in [0.717, 1.165) is 30.6 Å². The van der Waals surface area contributed by atoms with E-state index in [1.807, 2.05) is 35.2 Å². The molecule has 1 unspecified atom stereocenters. The first-order valence-electron chi connectivity index (χ1n) is 9.34. The van der Waals surface area contributed by atoms with Crippen molar-refractivity contribution >= 4 is 12.0 Å². The summed E-state index contributed by atoms with van der Waals surface area (Å²) in [6.07, 6.45) is 3.88. The second kappa shape index (κ2) is 8.70. The number of aromatic nitrogens is 2. The zero-order valence-electron chi connectivity index (χ0n) is 15.9. The zero-order chi connectivity index (χ0) is 19.2. The number of nitrogens with one attached hydrogen (secondary N) is 1. The average molecular weight is 370 g/mol. The molecule has 7 heteroatoms. The van der Waals surface area contributed by atoms with Gasteiger partial charge in [-0.15, -0.1) is 0 Å². The van der Waals surface area contributed by atoms with E-state index in [1.54, 1.807) is 17.8 Å². The predicted molar refractivity (Wildman–Crippen MR) is 101 cm³/mol. The lowest BCUT2D eigenvalue weighted by atomic mass is 10.0. The molecule has 2 aromatic rings. The number of carbonyl (C=O) groups is 2. The first kappa shape index (κ1) is 18.9. The lowest BCUT2D eigenvalue weighted by Crippen LogP contribution is -2.28. The van der Waals surface area contributed by atoms with Crippen molar-refractivity contribution in [1.29, 1.82) is 0 Å². The van der Waals surface area contributed by atoms with Crippen molar-refractivity contribution in [2.45, 2.75) is 39.3 Å². The molecule has 0 aliphatic carbocycles. The molecule has 144 valence electrons. The van der Waals surface area contributed by atoms with Crippen LogP contribution >= 0.6 is 0 Å². The molecule has 1 aliphatic heterocycles. The third kappa shape index (κ3) is 4.87. The largest absolute Gasteiger partial charge is 0.415 e. The van der Waals surface area contributed by atoms with Crippen LogP contribution in [0.25, 0.3) is 0 Å². The molecular formula is C20H26N4O3. The Hall–Kier alpha value is -2.83. The lowest BCUT2D eigenvalue weighted by Gasteiger charge is -2.17.